The lowest BCUT2D eigenvalue weighted by atomic mass is 9.95. The van der Waals surface area contributed by atoms with Gasteiger partial charge in [0.2, 0.25) is 0 Å². The van der Waals surface area contributed by atoms with Crippen molar-refractivity contribution in [2.24, 2.45) is 0 Å². The highest BCUT2D eigenvalue weighted by Gasteiger charge is 2.42. The number of carbonyl (C=O) groups excluding carboxylic acids is 1. The number of aliphatic hydroxyl groups is 1. The molecule has 0 spiro atoms. The zero-order valence-electron chi connectivity index (χ0n) is 18.5. The lowest BCUT2D eigenvalue weighted by Gasteiger charge is -2.26. The van der Waals surface area contributed by atoms with E-state index in [0.717, 1.165) is 18.4 Å². The molecule has 3 N–H and O–H groups in total. The third kappa shape index (κ3) is 4.24. The van der Waals surface area contributed by atoms with Gasteiger partial charge in [0.05, 0.1) is 26.4 Å². The highest BCUT2D eigenvalue weighted by Crippen LogP contribution is 2.46. The Bertz CT molecular complexity index is 1160. The third-order valence-electron chi connectivity index (χ3n) is 5.68. The molecule has 3 aromatic rings. The van der Waals surface area contributed by atoms with Gasteiger partial charge in [-0.2, -0.15) is 5.10 Å². The van der Waals surface area contributed by atoms with Gasteiger partial charge in [0.15, 0.2) is 11.5 Å². The molecule has 1 aliphatic rings. The average Bonchev–Trinajstić information content (AvgIpc) is 3.35. The molecule has 174 valence electrons. The highest BCUT2D eigenvalue weighted by atomic mass is 35.5. The molecule has 0 fully saturated rings. The minimum Gasteiger partial charge on any atom is -0.507 e. The topological polar surface area (TPSA) is 108 Å². The molecule has 1 atom stereocenters. The molecule has 0 bridgehead atoms. The number of carbonyl (C=O) groups is 1. The van der Waals surface area contributed by atoms with E-state index in [4.69, 9.17) is 21.1 Å². The number of aliphatic hydroxyl groups excluding tert-OH is 1. The standard InChI is InChI=1S/C24H26ClN3O5/c1-3-4-11-33-18-8-5-14(12-19(18)32-2)23-20-21(16-13-15(25)6-7-17(16)30)26-27-22(20)24(31)28(23)9-10-29/h5-8,12-13,23,29-30H,3-4,9-11H2,1-2H3,(H,26,27). The first kappa shape index (κ1) is 22.9. The van der Waals surface area contributed by atoms with Gasteiger partial charge in [-0.05, 0) is 42.3 Å². The summed E-state index contributed by atoms with van der Waals surface area (Å²) in [5, 5.41) is 27.7. The number of hydrogen-bond donors (Lipinski definition) is 3. The molecule has 0 aliphatic carbocycles. The molecule has 0 radical (unpaired) electrons. The summed E-state index contributed by atoms with van der Waals surface area (Å²) in [5.74, 6) is 0.876. The van der Waals surface area contributed by atoms with Crippen molar-refractivity contribution in [1.29, 1.82) is 0 Å². The molecule has 2 aromatic carbocycles. The Hall–Kier alpha value is -3.23. The fourth-order valence-electron chi connectivity index (χ4n) is 4.08. The summed E-state index contributed by atoms with van der Waals surface area (Å²) in [4.78, 5) is 14.7. The van der Waals surface area contributed by atoms with E-state index in [0.29, 0.717) is 45.6 Å². The van der Waals surface area contributed by atoms with Crippen molar-refractivity contribution in [3.8, 4) is 28.5 Å². The number of aromatic nitrogens is 2. The fraction of sp³-hybridized carbons (Fsp3) is 0.333. The lowest BCUT2D eigenvalue weighted by molar-refractivity contribution is 0.0706. The molecule has 1 aromatic heterocycles. The summed E-state index contributed by atoms with van der Waals surface area (Å²) < 4.78 is 11.4. The van der Waals surface area contributed by atoms with Crippen LogP contribution in [0, 0.1) is 0 Å². The van der Waals surface area contributed by atoms with Gasteiger partial charge in [0.1, 0.15) is 17.1 Å². The van der Waals surface area contributed by atoms with Gasteiger partial charge in [-0.25, -0.2) is 0 Å². The number of benzene rings is 2. The van der Waals surface area contributed by atoms with Crippen molar-refractivity contribution in [3.63, 3.8) is 0 Å². The number of ether oxygens (including phenoxy) is 2. The Kier molecular flexibility index (Phi) is 6.76. The lowest BCUT2D eigenvalue weighted by Crippen LogP contribution is -2.32. The van der Waals surface area contributed by atoms with Crippen LogP contribution < -0.4 is 9.47 Å². The van der Waals surface area contributed by atoms with Crippen LogP contribution in [0.1, 0.15) is 47.4 Å². The zero-order valence-corrected chi connectivity index (χ0v) is 19.2. The van der Waals surface area contributed by atoms with E-state index in [9.17, 15) is 15.0 Å². The molecular weight excluding hydrogens is 446 g/mol. The number of unbranched alkanes of at least 4 members (excludes halogenated alkanes) is 1. The van der Waals surface area contributed by atoms with Crippen molar-refractivity contribution in [2.75, 3.05) is 26.9 Å². The van der Waals surface area contributed by atoms with Crippen LogP contribution in [-0.4, -0.2) is 58.1 Å². The molecule has 33 heavy (non-hydrogen) atoms. The first-order valence-electron chi connectivity index (χ1n) is 10.8. The van der Waals surface area contributed by atoms with E-state index >= 15 is 0 Å². The number of rotatable bonds is 9. The Morgan fingerprint density at radius 3 is 2.76 bits per heavy atom. The Morgan fingerprint density at radius 1 is 1.21 bits per heavy atom. The van der Waals surface area contributed by atoms with E-state index in [1.165, 1.54) is 6.07 Å². The van der Waals surface area contributed by atoms with Crippen LogP contribution in [-0.2, 0) is 0 Å². The number of aromatic hydroxyl groups is 1. The number of nitrogens with zero attached hydrogens (tertiary/aromatic N) is 2. The maximum Gasteiger partial charge on any atom is 0.273 e. The fourth-order valence-corrected chi connectivity index (χ4v) is 4.26. The minimum atomic E-state index is -0.551. The molecule has 0 saturated carbocycles. The van der Waals surface area contributed by atoms with Crippen LogP contribution in [0.5, 0.6) is 17.2 Å². The SMILES string of the molecule is CCCCOc1ccc(C2c3c(-c4cc(Cl)ccc4O)n[nH]c3C(=O)N2CCO)cc1OC. The van der Waals surface area contributed by atoms with Crippen molar-refractivity contribution in [1.82, 2.24) is 15.1 Å². The van der Waals surface area contributed by atoms with E-state index in [1.807, 2.05) is 18.2 Å². The molecule has 4 rings (SSSR count). The number of H-pyrrole nitrogens is 1. The molecule has 1 unspecified atom stereocenters. The monoisotopic (exact) mass is 471 g/mol. The van der Waals surface area contributed by atoms with E-state index < -0.39 is 6.04 Å². The van der Waals surface area contributed by atoms with Crippen LogP contribution >= 0.6 is 11.6 Å². The number of methoxy groups -OCH3 is 1. The molecule has 2 heterocycles. The molecule has 9 heteroatoms. The minimum absolute atomic E-state index is 0.00207. The summed E-state index contributed by atoms with van der Waals surface area (Å²) >= 11 is 6.16. The van der Waals surface area contributed by atoms with Gasteiger partial charge in [-0.1, -0.05) is 31.0 Å². The van der Waals surface area contributed by atoms with Gasteiger partial charge in [0, 0.05) is 22.7 Å². The second-order valence-corrected chi connectivity index (χ2v) is 8.20. The van der Waals surface area contributed by atoms with Crippen LogP contribution in [0.2, 0.25) is 5.02 Å². The number of fused-ring (bicyclic) bond motifs is 1. The highest BCUT2D eigenvalue weighted by molar-refractivity contribution is 6.31. The van der Waals surface area contributed by atoms with Crippen LogP contribution in [0.4, 0.5) is 0 Å². The third-order valence-corrected chi connectivity index (χ3v) is 5.91. The van der Waals surface area contributed by atoms with Gasteiger partial charge >= 0.3 is 0 Å². The quantitative estimate of drug-likeness (QED) is 0.404. The maximum atomic E-state index is 13.2. The number of β-amino-alcohol motifs (C(OH)–C–C–N with tert-alkyl or cyclic N) is 1. The Morgan fingerprint density at radius 2 is 2.03 bits per heavy atom. The van der Waals surface area contributed by atoms with Gasteiger partial charge in [0.25, 0.3) is 5.91 Å². The largest absolute Gasteiger partial charge is 0.507 e. The number of hydrogen-bond acceptors (Lipinski definition) is 6. The summed E-state index contributed by atoms with van der Waals surface area (Å²) in [7, 11) is 1.57. The Balaban J connectivity index is 1.82. The molecule has 1 amide bonds. The van der Waals surface area contributed by atoms with Crippen molar-refractivity contribution in [3.05, 3.63) is 58.2 Å². The van der Waals surface area contributed by atoms with Gasteiger partial charge in [-0.15, -0.1) is 0 Å². The summed E-state index contributed by atoms with van der Waals surface area (Å²) in [6.45, 7) is 2.60. The molecule has 0 saturated heterocycles. The number of halogens is 1. The molecule has 1 aliphatic heterocycles. The predicted molar refractivity (Wildman–Crippen MR) is 124 cm³/mol. The number of amides is 1. The van der Waals surface area contributed by atoms with E-state index in [2.05, 4.69) is 17.1 Å². The van der Waals surface area contributed by atoms with Crippen molar-refractivity contribution >= 4 is 17.5 Å². The molecule has 8 nitrogen and oxygen atoms in total. The number of nitrogens with one attached hydrogen (secondary N) is 1. The number of phenols is 1. The maximum absolute atomic E-state index is 13.2. The average molecular weight is 472 g/mol. The van der Waals surface area contributed by atoms with E-state index in [-0.39, 0.29) is 24.8 Å². The van der Waals surface area contributed by atoms with Gasteiger partial charge < -0.3 is 24.6 Å². The van der Waals surface area contributed by atoms with Crippen molar-refractivity contribution < 1.29 is 24.5 Å². The van der Waals surface area contributed by atoms with E-state index in [1.54, 1.807) is 24.1 Å². The Labute approximate surface area is 196 Å². The summed E-state index contributed by atoms with van der Waals surface area (Å²) in [6.07, 6.45) is 1.94. The predicted octanol–water partition coefficient (Wildman–Crippen LogP) is 4.16. The van der Waals surface area contributed by atoms with Gasteiger partial charge in [-0.3, -0.25) is 9.89 Å². The van der Waals surface area contributed by atoms with Crippen LogP contribution in [0.3, 0.4) is 0 Å². The summed E-state index contributed by atoms with van der Waals surface area (Å²) in [6, 6.07) is 9.64. The second kappa shape index (κ2) is 9.72. The van der Waals surface area contributed by atoms with Crippen LogP contribution in [0.15, 0.2) is 36.4 Å². The van der Waals surface area contributed by atoms with Crippen LogP contribution in [0.25, 0.3) is 11.3 Å². The molecular formula is C24H26ClN3O5. The smallest absolute Gasteiger partial charge is 0.273 e. The number of phenolic OH excluding ortho intramolecular Hbond substituents is 1. The summed E-state index contributed by atoms with van der Waals surface area (Å²) in [5.41, 5.74) is 2.51. The normalized spacial score (nSPS) is 15.1. The first-order valence-corrected chi connectivity index (χ1v) is 11.2. The zero-order chi connectivity index (χ0) is 23.5. The van der Waals surface area contributed by atoms with Crippen molar-refractivity contribution in [2.45, 2.75) is 25.8 Å². The first-order chi connectivity index (χ1) is 16.0. The second-order valence-electron chi connectivity index (χ2n) is 7.76. The number of aromatic amines is 1.